The number of hydrogen-bond donors (Lipinski definition) is 2. The van der Waals surface area contributed by atoms with Crippen molar-refractivity contribution in [1.29, 1.82) is 0 Å². The van der Waals surface area contributed by atoms with E-state index < -0.39 is 0 Å². The first kappa shape index (κ1) is 13.9. The van der Waals surface area contributed by atoms with Crippen molar-refractivity contribution in [3.63, 3.8) is 0 Å². The van der Waals surface area contributed by atoms with Crippen LogP contribution in [0.25, 0.3) is 11.4 Å². The summed E-state index contributed by atoms with van der Waals surface area (Å²) in [4.78, 5) is 4.37. The van der Waals surface area contributed by atoms with Gasteiger partial charge in [0.15, 0.2) is 11.5 Å². The van der Waals surface area contributed by atoms with E-state index in [9.17, 15) is 5.11 Å². The molecule has 1 aromatic heterocycles. The van der Waals surface area contributed by atoms with Crippen LogP contribution >= 0.6 is 0 Å². The summed E-state index contributed by atoms with van der Waals surface area (Å²) in [5.41, 5.74) is 0.750. The Balaban J connectivity index is 1.69. The van der Waals surface area contributed by atoms with Crippen LogP contribution in [0, 0.1) is 0 Å². The zero-order valence-electron chi connectivity index (χ0n) is 12.0. The third-order valence-electron chi connectivity index (χ3n) is 3.80. The molecule has 0 saturated heterocycles. The van der Waals surface area contributed by atoms with Gasteiger partial charge in [-0.15, -0.1) is 0 Å². The molecule has 6 heteroatoms. The van der Waals surface area contributed by atoms with Crippen LogP contribution in [0.3, 0.4) is 0 Å². The van der Waals surface area contributed by atoms with Gasteiger partial charge < -0.3 is 19.7 Å². The molecule has 0 radical (unpaired) electrons. The van der Waals surface area contributed by atoms with Crippen LogP contribution < -0.4 is 10.1 Å². The summed E-state index contributed by atoms with van der Waals surface area (Å²) < 4.78 is 10.3. The number of phenols is 1. The topological polar surface area (TPSA) is 80.4 Å². The number of hydrogen-bond acceptors (Lipinski definition) is 6. The van der Waals surface area contributed by atoms with Crippen LogP contribution in [0.15, 0.2) is 22.7 Å². The molecule has 2 N–H and O–H groups in total. The molecule has 3 rings (SSSR count). The van der Waals surface area contributed by atoms with E-state index in [1.165, 1.54) is 32.8 Å². The molecule has 1 fully saturated rings. The highest BCUT2D eigenvalue weighted by Gasteiger charge is 2.16. The average molecular weight is 289 g/mol. The summed E-state index contributed by atoms with van der Waals surface area (Å²) in [6, 6.07) is 5.54. The lowest BCUT2D eigenvalue weighted by molar-refractivity contribution is 0.357. The fourth-order valence-corrected chi connectivity index (χ4v) is 2.62. The van der Waals surface area contributed by atoms with Crippen LogP contribution in [-0.2, 0) is 6.54 Å². The molecule has 112 valence electrons. The van der Waals surface area contributed by atoms with Gasteiger partial charge in [-0.05, 0) is 31.0 Å². The van der Waals surface area contributed by atoms with Crippen LogP contribution in [0.2, 0.25) is 0 Å². The minimum atomic E-state index is 0.0906. The van der Waals surface area contributed by atoms with Crippen molar-refractivity contribution >= 4 is 0 Å². The lowest BCUT2D eigenvalue weighted by Gasteiger charge is -2.08. The second-order valence-corrected chi connectivity index (χ2v) is 5.26. The minimum absolute atomic E-state index is 0.0906. The Hall–Kier alpha value is -2.08. The molecule has 2 aromatic rings. The Labute approximate surface area is 123 Å². The molecule has 1 heterocycles. The maximum atomic E-state index is 9.59. The molecule has 0 unspecified atom stereocenters. The Morgan fingerprint density at radius 2 is 2.19 bits per heavy atom. The molecule has 0 atom stereocenters. The highest BCUT2D eigenvalue weighted by molar-refractivity contribution is 5.60. The zero-order valence-corrected chi connectivity index (χ0v) is 12.0. The van der Waals surface area contributed by atoms with Crippen molar-refractivity contribution in [3.8, 4) is 22.9 Å². The van der Waals surface area contributed by atoms with Crippen molar-refractivity contribution in [2.24, 2.45) is 0 Å². The van der Waals surface area contributed by atoms with Crippen LogP contribution in [0.1, 0.15) is 31.6 Å². The van der Waals surface area contributed by atoms with E-state index in [-0.39, 0.29) is 5.75 Å². The van der Waals surface area contributed by atoms with Gasteiger partial charge in [-0.3, -0.25) is 0 Å². The lowest BCUT2D eigenvalue weighted by atomic mass is 10.2. The second kappa shape index (κ2) is 6.13. The van der Waals surface area contributed by atoms with Crippen molar-refractivity contribution in [3.05, 3.63) is 24.1 Å². The lowest BCUT2D eigenvalue weighted by Crippen LogP contribution is -2.25. The van der Waals surface area contributed by atoms with E-state index in [2.05, 4.69) is 15.5 Å². The predicted molar refractivity (Wildman–Crippen MR) is 77.0 cm³/mol. The molecule has 1 aromatic carbocycles. The third-order valence-corrected chi connectivity index (χ3v) is 3.80. The molecule has 0 aliphatic heterocycles. The zero-order chi connectivity index (χ0) is 14.7. The normalized spacial score (nSPS) is 15.5. The van der Waals surface area contributed by atoms with Gasteiger partial charge in [-0.25, -0.2) is 0 Å². The van der Waals surface area contributed by atoms with Gasteiger partial charge >= 0.3 is 0 Å². The summed E-state index contributed by atoms with van der Waals surface area (Å²) >= 11 is 0. The highest BCUT2D eigenvalue weighted by Crippen LogP contribution is 2.30. The number of rotatable bonds is 5. The average Bonchev–Trinajstić information content (AvgIpc) is 3.17. The third kappa shape index (κ3) is 3.16. The van der Waals surface area contributed by atoms with E-state index >= 15 is 0 Å². The molecule has 1 aliphatic rings. The first-order valence-electron chi connectivity index (χ1n) is 7.19. The van der Waals surface area contributed by atoms with Crippen molar-refractivity contribution in [1.82, 2.24) is 15.5 Å². The van der Waals surface area contributed by atoms with Gasteiger partial charge in [0.1, 0.15) is 0 Å². The van der Waals surface area contributed by atoms with Gasteiger partial charge in [0, 0.05) is 11.6 Å². The summed E-state index contributed by atoms with van der Waals surface area (Å²) in [6.45, 7) is 0.590. The predicted octanol–water partition coefficient (Wildman–Crippen LogP) is 2.48. The molecule has 6 nitrogen and oxygen atoms in total. The SMILES string of the molecule is COc1cc(-c2noc(CNC3CCCC3)n2)ccc1O. The molecular weight excluding hydrogens is 270 g/mol. The van der Waals surface area contributed by atoms with Crippen molar-refractivity contribution in [2.75, 3.05) is 7.11 Å². The number of aromatic hydroxyl groups is 1. The number of methoxy groups -OCH3 is 1. The first-order valence-corrected chi connectivity index (χ1v) is 7.19. The number of phenolic OH excluding ortho intramolecular Hbond substituents is 1. The van der Waals surface area contributed by atoms with Gasteiger partial charge in [0.2, 0.25) is 11.7 Å². The molecule has 21 heavy (non-hydrogen) atoms. The quantitative estimate of drug-likeness (QED) is 0.880. The number of ether oxygens (including phenoxy) is 1. The second-order valence-electron chi connectivity index (χ2n) is 5.26. The summed E-state index contributed by atoms with van der Waals surface area (Å²) in [6.07, 6.45) is 5.02. The van der Waals surface area contributed by atoms with E-state index in [0.717, 1.165) is 5.56 Å². The Bertz CT molecular complexity index is 606. The Kier molecular flexibility index (Phi) is 4.06. The summed E-state index contributed by atoms with van der Waals surface area (Å²) in [7, 11) is 1.51. The van der Waals surface area contributed by atoms with E-state index in [1.54, 1.807) is 18.2 Å². The van der Waals surface area contributed by atoms with Gasteiger partial charge in [-0.1, -0.05) is 18.0 Å². The van der Waals surface area contributed by atoms with Crippen molar-refractivity contribution < 1.29 is 14.4 Å². The number of nitrogens with one attached hydrogen (secondary N) is 1. The van der Waals surface area contributed by atoms with E-state index in [1.807, 2.05) is 0 Å². The minimum Gasteiger partial charge on any atom is -0.504 e. The molecule has 1 aliphatic carbocycles. The highest BCUT2D eigenvalue weighted by atomic mass is 16.5. The molecule has 0 bridgehead atoms. The van der Waals surface area contributed by atoms with Gasteiger partial charge in [0.25, 0.3) is 0 Å². The van der Waals surface area contributed by atoms with E-state index in [0.29, 0.717) is 30.1 Å². The Morgan fingerprint density at radius 3 is 2.95 bits per heavy atom. The molecule has 0 spiro atoms. The number of nitrogens with zero attached hydrogens (tertiary/aromatic N) is 2. The van der Waals surface area contributed by atoms with Crippen LogP contribution in [0.4, 0.5) is 0 Å². The maximum Gasteiger partial charge on any atom is 0.240 e. The standard InChI is InChI=1S/C15H19N3O3/c1-20-13-8-10(6-7-12(13)19)15-17-14(21-18-15)9-16-11-4-2-3-5-11/h6-8,11,16,19H,2-5,9H2,1H3. The van der Waals surface area contributed by atoms with Gasteiger partial charge in [-0.2, -0.15) is 4.98 Å². The largest absolute Gasteiger partial charge is 0.504 e. The number of aromatic nitrogens is 2. The fraction of sp³-hybridized carbons (Fsp3) is 0.467. The molecule has 1 saturated carbocycles. The first-order chi connectivity index (χ1) is 10.3. The Morgan fingerprint density at radius 1 is 1.38 bits per heavy atom. The molecular formula is C15H19N3O3. The smallest absolute Gasteiger partial charge is 0.240 e. The monoisotopic (exact) mass is 289 g/mol. The summed E-state index contributed by atoms with van der Waals surface area (Å²) in [5.74, 6) is 1.55. The fourth-order valence-electron chi connectivity index (χ4n) is 2.62. The van der Waals surface area contributed by atoms with Crippen LogP contribution in [0.5, 0.6) is 11.5 Å². The van der Waals surface area contributed by atoms with E-state index in [4.69, 9.17) is 9.26 Å². The maximum absolute atomic E-state index is 9.59. The van der Waals surface area contributed by atoms with Crippen molar-refractivity contribution in [2.45, 2.75) is 38.3 Å². The van der Waals surface area contributed by atoms with Gasteiger partial charge in [0.05, 0.1) is 13.7 Å². The molecule has 0 amide bonds. The van der Waals surface area contributed by atoms with Crippen LogP contribution in [-0.4, -0.2) is 28.4 Å². The number of benzene rings is 1. The summed E-state index contributed by atoms with van der Waals surface area (Å²) in [5, 5.41) is 17.0.